The SMILES string of the molecule is CNC1C(=O)N(CC2=CCCN=N2)CCCC1C. The number of likely N-dealkylation sites (N-methyl/N-ethyl adjacent to an activating group) is 1. The van der Waals surface area contributed by atoms with E-state index < -0.39 is 0 Å². The van der Waals surface area contributed by atoms with Gasteiger partial charge in [0.05, 0.1) is 24.8 Å². The molecule has 2 aliphatic rings. The van der Waals surface area contributed by atoms with Crippen LogP contribution in [0, 0.1) is 5.92 Å². The Bertz CT molecular complexity index is 364. The summed E-state index contributed by atoms with van der Waals surface area (Å²) in [4.78, 5) is 14.3. The van der Waals surface area contributed by atoms with Crippen LogP contribution in [0.2, 0.25) is 0 Å². The lowest BCUT2D eigenvalue weighted by Crippen LogP contribution is -2.47. The first-order chi connectivity index (χ1) is 8.72. The van der Waals surface area contributed by atoms with E-state index in [1.807, 2.05) is 11.9 Å². The van der Waals surface area contributed by atoms with Gasteiger partial charge in [-0.2, -0.15) is 10.2 Å². The number of nitrogens with one attached hydrogen (secondary N) is 1. The Morgan fingerprint density at radius 3 is 3.06 bits per heavy atom. The minimum atomic E-state index is -0.0615. The van der Waals surface area contributed by atoms with Crippen LogP contribution < -0.4 is 5.32 Å². The number of likely N-dealkylation sites (tertiary alicyclic amines) is 1. The van der Waals surface area contributed by atoms with Crippen LogP contribution in [0.25, 0.3) is 0 Å². The highest BCUT2D eigenvalue weighted by Gasteiger charge is 2.31. The van der Waals surface area contributed by atoms with Crippen molar-refractivity contribution in [2.24, 2.45) is 16.1 Å². The second kappa shape index (κ2) is 6.09. The van der Waals surface area contributed by atoms with Gasteiger partial charge in [-0.05, 0) is 32.2 Å². The molecule has 2 rings (SSSR count). The molecule has 2 unspecified atom stereocenters. The maximum atomic E-state index is 12.4. The third-order valence-electron chi connectivity index (χ3n) is 3.71. The summed E-state index contributed by atoms with van der Waals surface area (Å²) in [6, 6.07) is -0.0615. The van der Waals surface area contributed by atoms with E-state index in [0.29, 0.717) is 12.5 Å². The predicted molar refractivity (Wildman–Crippen MR) is 70.2 cm³/mol. The van der Waals surface area contributed by atoms with Gasteiger partial charge in [-0.3, -0.25) is 4.79 Å². The zero-order valence-corrected chi connectivity index (χ0v) is 11.2. The van der Waals surface area contributed by atoms with Crippen LogP contribution in [-0.2, 0) is 4.79 Å². The van der Waals surface area contributed by atoms with Crippen LogP contribution in [0.5, 0.6) is 0 Å². The summed E-state index contributed by atoms with van der Waals surface area (Å²) in [5.74, 6) is 0.596. The van der Waals surface area contributed by atoms with Crippen molar-refractivity contribution in [2.45, 2.75) is 32.2 Å². The molecule has 100 valence electrons. The van der Waals surface area contributed by atoms with Crippen LogP contribution in [0.4, 0.5) is 0 Å². The molecule has 1 fully saturated rings. The average molecular weight is 250 g/mol. The van der Waals surface area contributed by atoms with Gasteiger partial charge in [0, 0.05) is 6.54 Å². The van der Waals surface area contributed by atoms with Gasteiger partial charge in [-0.25, -0.2) is 0 Å². The van der Waals surface area contributed by atoms with E-state index in [-0.39, 0.29) is 11.9 Å². The lowest BCUT2D eigenvalue weighted by atomic mass is 9.98. The van der Waals surface area contributed by atoms with Gasteiger partial charge in [-0.15, -0.1) is 0 Å². The molecule has 0 saturated carbocycles. The highest BCUT2D eigenvalue weighted by atomic mass is 16.2. The molecule has 2 heterocycles. The molecular weight excluding hydrogens is 228 g/mol. The molecular formula is C13H22N4O. The van der Waals surface area contributed by atoms with Crippen LogP contribution in [0.1, 0.15) is 26.2 Å². The Hall–Kier alpha value is -1.23. The number of carbonyl (C=O) groups excluding carboxylic acids is 1. The van der Waals surface area contributed by atoms with Gasteiger partial charge >= 0.3 is 0 Å². The monoisotopic (exact) mass is 250 g/mol. The number of carbonyl (C=O) groups is 1. The standard InChI is InChI=1S/C13H22N4O/c1-10-5-4-8-17(13(18)12(10)14-2)9-11-6-3-7-15-16-11/h6,10,12,14H,3-5,7-9H2,1-2H3. The Morgan fingerprint density at radius 1 is 1.56 bits per heavy atom. The van der Waals surface area contributed by atoms with E-state index in [2.05, 4.69) is 28.5 Å². The third kappa shape index (κ3) is 2.96. The largest absolute Gasteiger partial charge is 0.335 e. The first kappa shape index (κ1) is 13.2. The Kier molecular flexibility index (Phi) is 4.47. The van der Waals surface area contributed by atoms with Crippen LogP contribution >= 0.6 is 0 Å². The van der Waals surface area contributed by atoms with Crippen LogP contribution in [-0.4, -0.2) is 43.5 Å². The summed E-state index contributed by atoms with van der Waals surface area (Å²) in [5, 5.41) is 11.3. The summed E-state index contributed by atoms with van der Waals surface area (Å²) in [7, 11) is 1.86. The molecule has 0 bridgehead atoms. The van der Waals surface area contributed by atoms with Gasteiger partial charge in [0.25, 0.3) is 0 Å². The summed E-state index contributed by atoms with van der Waals surface area (Å²) in [5.41, 5.74) is 0.930. The van der Waals surface area contributed by atoms with E-state index in [4.69, 9.17) is 0 Å². The molecule has 5 nitrogen and oxygen atoms in total. The van der Waals surface area contributed by atoms with Gasteiger partial charge in [0.15, 0.2) is 0 Å². The number of rotatable bonds is 3. The van der Waals surface area contributed by atoms with Gasteiger partial charge < -0.3 is 10.2 Å². The molecule has 1 N–H and O–H groups in total. The fourth-order valence-electron chi connectivity index (χ4n) is 2.65. The van der Waals surface area contributed by atoms with Crippen molar-refractivity contribution < 1.29 is 4.79 Å². The number of nitrogens with zero attached hydrogens (tertiary/aromatic N) is 3. The fourth-order valence-corrected chi connectivity index (χ4v) is 2.65. The molecule has 1 saturated heterocycles. The molecule has 0 aliphatic carbocycles. The normalized spacial score (nSPS) is 29.1. The lowest BCUT2D eigenvalue weighted by Gasteiger charge is -2.26. The van der Waals surface area contributed by atoms with E-state index in [1.54, 1.807) is 0 Å². The number of hydrogen-bond acceptors (Lipinski definition) is 4. The molecule has 0 aromatic heterocycles. The van der Waals surface area contributed by atoms with Gasteiger partial charge in [-0.1, -0.05) is 13.0 Å². The van der Waals surface area contributed by atoms with Crippen molar-refractivity contribution in [2.75, 3.05) is 26.7 Å². The van der Waals surface area contributed by atoms with Crippen molar-refractivity contribution >= 4 is 5.91 Å². The summed E-state index contributed by atoms with van der Waals surface area (Å²) >= 11 is 0. The quantitative estimate of drug-likeness (QED) is 0.826. The Morgan fingerprint density at radius 2 is 2.39 bits per heavy atom. The number of amides is 1. The van der Waals surface area contributed by atoms with Crippen molar-refractivity contribution in [1.29, 1.82) is 0 Å². The van der Waals surface area contributed by atoms with E-state index >= 15 is 0 Å². The molecule has 0 aromatic carbocycles. The zero-order valence-electron chi connectivity index (χ0n) is 11.2. The molecule has 2 aliphatic heterocycles. The number of azo groups is 1. The van der Waals surface area contributed by atoms with E-state index in [1.165, 1.54) is 0 Å². The van der Waals surface area contributed by atoms with Crippen LogP contribution in [0.15, 0.2) is 22.0 Å². The summed E-state index contributed by atoms with van der Waals surface area (Å²) < 4.78 is 0. The minimum absolute atomic E-state index is 0.0615. The fraction of sp³-hybridized carbons (Fsp3) is 0.769. The highest BCUT2D eigenvalue weighted by Crippen LogP contribution is 2.20. The second-order valence-electron chi connectivity index (χ2n) is 5.09. The van der Waals surface area contributed by atoms with E-state index in [0.717, 1.165) is 38.0 Å². The molecule has 5 heteroatoms. The van der Waals surface area contributed by atoms with Crippen molar-refractivity contribution in [1.82, 2.24) is 10.2 Å². The number of hydrogen-bond donors (Lipinski definition) is 1. The predicted octanol–water partition coefficient (Wildman–Crippen LogP) is 1.57. The Balaban J connectivity index is 2.04. The Labute approximate surface area is 108 Å². The van der Waals surface area contributed by atoms with Gasteiger partial charge in [0.2, 0.25) is 5.91 Å². The summed E-state index contributed by atoms with van der Waals surface area (Å²) in [6.07, 6.45) is 5.18. The molecule has 2 atom stereocenters. The zero-order chi connectivity index (χ0) is 13.0. The van der Waals surface area contributed by atoms with Crippen LogP contribution in [0.3, 0.4) is 0 Å². The molecule has 0 radical (unpaired) electrons. The van der Waals surface area contributed by atoms with Crippen molar-refractivity contribution in [3.8, 4) is 0 Å². The first-order valence-corrected chi connectivity index (χ1v) is 6.75. The molecule has 1 amide bonds. The summed E-state index contributed by atoms with van der Waals surface area (Å²) in [6.45, 7) is 4.34. The lowest BCUT2D eigenvalue weighted by molar-refractivity contribution is -0.133. The van der Waals surface area contributed by atoms with Crippen molar-refractivity contribution in [3.05, 3.63) is 11.8 Å². The molecule has 0 aromatic rings. The maximum Gasteiger partial charge on any atom is 0.240 e. The minimum Gasteiger partial charge on any atom is -0.335 e. The van der Waals surface area contributed by atoms with E-state index in [9.17, 15) is 4.79 Å². The first-order valence-electron chi connectivity index (χ1n) is 6.75. The third-order valence-corrected chi connectivity index (χ3v) is 3.71. The second-order valence-corrected chi connectivity index (χ2v) is 5.09. The smallest absolute Gasteiger partial charge is 0.240 e. The topological polar surface area (TPSA) is 57.1 Å². The van der Waals surface area contributed by atoms with Crippen molar-refractivity contribution in [3.63, 3.8) is 0 Å². The average Bonchev–Trinajstić information content (AvgIpc) is 2.51. The van der Waals surface area contributed by atoms with Gasteiger partial charge in [0.1, 0.15) is 0 Å². The molecule has 0 spiro atoms. The highest BCUT2D eigenvalue weighted by molar-refractivity contribution is 5.82. The maximum absolute atomic E-state index is 12.4. The molecule has 18 heavy (non-hydrogen) atoms.